The standard InChI is InChI=1S/C25H33N5O2.2C2H6/c1-19(18-29(3)21-9-6-10-22(16-21)32-5)12-15-28(2)25-27-23(17-24(31)30(25)4)20-8-7-13-26-14-11-20;2*1-2/h6-11,14,16-17,19H,12-13,15,18H2,1-5H3;2*1-2H3/t19-;;/m1../s1. The SMILES string of the molecule is CC.CC.COc1cccc(N(C)C[C@H](C)CCN(C)c2nc(C3=CC=NCC=C3)cc(=O)n2C)c1. The monoisotopic (exact) mass is 495 g/mol. The van der Waals surface area contributed by atoms with Gasteiger partial charge in [-0.25, -0.2) is 4.98 Å². The molecule has 0 amide bonds. The van der Waals surface area contributed by atoms with E-state index < -0.39 is 0 Å². The molecule has 3 rings (SSSR count). The Morgan fingerprint density at radius 2 is 1.83 bits per heavy atom. The van der Waals surface area contributed by atoms with Crippen molar-refractivity contribution in [3.8, 4) is 5.75 Å². The van der Waals surface area contributed by atoms with E-state index in [1.54, 1.807) is 31.0 Å². The maximum atomic E-state index is 12.6. The lowest BCUT2D eigenvalue weighted by Crippen LogP contribution is -2.32. The number of nitrogens with zero attached hydrogens (tertiary/aromatic N) is 5. The van der Waals surface area contributed by atoms with Crippen LogP contribution >= 0.6 is 0 Å². The van der Waals surface area contributed by atoms with E-state index in [0.717, 1.165) is 36.5 Å². The number of methoxy groups -OCH3 is 1. The van der Waals surface area contributed by atoms with Gasteiger partial charge in [0.2, 0.25) is 5.95 Å². The van der Waals surface area contributed by atoms with E-state index in [1.807, 2.05) is 71.2 Å². The molecule has 0 saturated carbocycles. The number of aliphatic imine (C=N–C) groups is 1. The Bertz CT molecular complexity index is 1070. The first-order valence-corrected chi connectivity index (χ1v) is 12.9. The Hall–Kier alpha value is -3.35. The van der Waals surface area contributed by atoms with E-state index in [1.165, 1.54) is 0 Å². The molecule has 1 aliphatic rings. The second-order valence-electron chi connectivity index (χ2n) is 8.27. The van der Waals surface area contributed by atoms with Gasteiger partial charge in [0.15, 0.2) is 0 Å². The van der Waals surface area contributed by atoms with Crippen molar-refractivity contribution in [2.24, 2.45) is 18.0 Å². The van der Waals surface area contributed by atoms with Crippen molar-refractivity contribution in [3.63, 3.8) is 0 Å². The number of hydrogen-bond donors (Lipinski definition) is 0. The molecule has 0 spiro atoms. The van der Waals surface area contributed by atoms with Gasteiger partial charge in [-0.05, 0) is 30.5 Å². The minimum atomic E-state index is -0.0712. The summed E-state index contributed by atoms with van der Waals surface area (Å²) in [6.45, 7) is 12.6. The molecule has 36 heavy (non-hydrogen) atoms. The first-order chi connectivity index (χ1) is 17.4. The molecular weight excluding hydrogens is 450 g/mol. The minimum absolute atomic E-state index is 0.0712. The predicted molar refractivity (Wildman–Crippen MR) is 156 cm³/mol. The highest BCUT2D eigenvalue weighted by Crippen LogP contribution is 2.22. The number of hydrogen-bond acceptors (Lipinski definition) is 6. The second kappa shape index (κ2) is 16.3. The van der Waals surface area contributed by atoms with E-state index in [4.69, 9.17) is 9.72 Å². The molecule has 0 unspecified atom stereocenters. The molecule has 2 aromatic rings. The molecule has 7 heteroatoms. The lowest BCUT2D eigenvalue weighted by Gasteiger charge is -2.26. The summed E-state index contributed by atoms with van der Waals surface area (Å²) in [5.41, 5.74) is 2.63. The van der Waals surface area contributed by atoms with Crippen molar-refractivity contribution in [1.29, 1.82) is 0 Å². The summed E-state index contributed by atoms with van der Waals surface area (Å²) in [5.74, 6) is 1.98. The summed E-state index contributed by atoms with van der Waals surface area (Å²) in [6, 6.07) is 9.68. The number of ether oxygens (including phenoxy) is 1. The van der Waals surface area contributed by atoms with Crippen molar-refractivity contribution >= 4 is 23.4 Å². The van der Waals surface area contributed by atoms with Crippen LogP contribution in [0.25, 0.3) is 5.57 Å². The van der Waals surface area contributed by atoms with Crippen molar-refractivity contribution in [2.75, 3.05) is 50.6 Å². The Labute approximate surface area is 217 Å². The van der Waals surface area contributed by atoms with Gasteiger partial charge in [0, 0.05) is 63.8 Å². The predicted octanol–water partition coefficient (Wildman–Crippen LogP) is 5.46. The van der Waals surface area contributed by atoms with Gasteiger partial charge in [-0.3, -0.25) is 14.4 Å². The summed E-state index contributed by atoms with van der Waals surface area (Å²) in [4.78, 5) is 25.9. The minimum Gasteiger partial charge on any atom is -0.497 e. The molecule has 1 aliphatic heterocycles. The summed E-state index contributed by atoms with van der Waals surface area (Å²) in [5, 5.41) is 0. The molecule has 2 heterocycles. The molecular formula is C29H45N5O2. The number of rotatable bonds is 9. The maximum Gasteiger partial charge on any atom is 0.255 e. The third-order valence-electron chi connectivity index (χ3n) is 5.65. The highest BCUT2D eigenvalue weighted by atomic mass is 16.5. The number of benzene rings is 1. The van der Waals surface area contributed by atoms with Gasteiger partial charge >= 0.3 is 0 Å². The van der Waals surface area contributed by atoms with Gasteiger partial charge in [-0.2, -0.15) is 0 Å². The van der Waals surface area contributed by atoms with Gasteiger partial charge in [0.25, 0.3) is 5.56 Å². The van der Waals surface area contributed by atoms with Crippen LogP contribution in [0.5, 0.6) is 5.75 Å². The Balaban J connectivity index is 0.00000154. The summed E-state index contributed by atoms with van der Waals surface area (Å²) < 4.78 is 6.94. The zero-order valence-electron chi connectivity index (χ0n) is 23.7. The van der Waals surface area contributed by atoms with Crippen LogP contribution in [-0.2, 0) is 7.05 Å². The normalized spacial score (nSPS) is 12.8. The van der Waals surface area contributed by atoms with E-state index in [-0.39, 0.29) is 5.56 Å². The fourth-order valence-electron chi connectivity index (χ4n) is 3.70. The molecule has 1 atom stereocenters. The van der Waals surface area contributed by atoms with Crippen molar-refractivity contribution < 1.29 is 4.74 Å². The molecule has 0 fully saturated rings. The molecule has 0 saturated heterocycles. The van der Waals surface area contributed by atoms with Gasteiger partial charge < -0.3 is 14.5 Å². The highest BCUT2D eigenvalue weighted by Gasteiger charge is 2.14. The highest BCUT2D eigenvalue weighted by molar-refractivity contribution is 5.88. The van der Waals surface area contributed by atoms with Gasteiger partial charge in [-0.15, -0.1) is 0 Å². The van der Waals surface area contributed by atoms with E-state index in [0.29, 0.717) is 24.1 Å². The molecule has 7 nitrogen and oxygen atoms in total. The van der Waals surface area contributed by atoms with Crippen LogP contribution in [0.1, 0.15) is 46.7 Å². The van der Waals surface area contributed by atoms with Crippen LogP contribution in [0.15, 0.2) is 58.3 Å². The largest absolute Gasteiger partial charge is 0.497 e. The first kappa shape index (κ1) is 30.7. The molecule has 1 aromatic heterocycles. The third kappa shape index (κ3) is 9.02. The second-order valence-corrected chi connectivity index (χ2v) is 8.27. The summed E-state index contributed by atoms with van der Waals surface area (Å²) >= 11 is 0. The van der Waals surface area contributed by atoms with Crippen molar-refractivity contribution in [2.45, 2.75) is 41.0 Å². The van der Waals surface area contributed by atoms with Gasteiger partial charge in [-0.1, -0.05) is 52.8 Å². The lowest BCUT2D eigenvalue weighted by atomic mass is 10.1. The molecule has 0 radical (unpaired) electrons. The average Bonchev–Trinajstić information content (AvgIpc) is 3.21. The Morgan fingerprint density at radius 3 is 2.53 bits per heavy atom. The average molecular weight is 496 g/mol. The maximum absolute atomic E-state index is 12.6. The van der Waals surface area contributed by atoms with E-state index >= 15 is 0 Å². The first-order valence-electron chi connectivity index (χ1n) is 12.9. The summed E-state index contributed by atoms with van der Waals surface area (Å²) in [7, 11) is 7.54. The van der Waals surface area contributed by atoms with Crippen LogP contribution in [0.2, 0.25) is 0 Å². The lowest BCUT2D eigenvalue weighted by molar-refractivity contribution is 0.414. The fraction of sp³-hybridized carbons (Fsp3) is 0.483. The zero-order chi connectivity index (χ0) is 27.1. The Kier molecular flexibility index (Phi) is 13.9. The summed E-state index contributed by atoms with van der Waals surface area (Å²) in [6.07, 6.45) is 8.57. The van der Waals surface area contributed by atoms with Gasteiger partial charge in [0.1, 0.15) is 5.75 Å². The fourth-order valence-corrected chi connectivity index (χ4v) is 3.70. The van der Waals surface area contributed by atoms with Crippen LogP contribution in [0.4, 0.5) is 11.6 Å². The van der Waals surface area contributed by atoms with Crippen LogP contribution < -0.4 is 20.1 Å². The van der Waals surface area contributed by atoms with Crippen LogP contribution in [-0.4, -0.2) is 56.6 Å². The smallest absolute Gasteiger partial charge is 0.255 e. The molecule has 0 bridgehead atoms. The number of aromatic nitrogens is 2. The molecule has 0 N–H and O–H groups in total. The van der Waals surface area contributed by atoms with Crippen molar-refractivity contribution in [1.82, 2.24) is 9.55 Å². The zero-order valence-corrected chi connectivity index (χ0v) is 23.7. The third-order valence-corrected chi connectivity index (χ3v) is 5.65. The van der Waals surface area contributed by atoms with E-state index in [2.05, 4.69) is 34.8 Å². The van der Waals surface area contributed by atoms with Crippen LogP contribution in [0.3, 0.4) is 0 Å². The van der Waals surface area contributed by atoms with E-state index in [9.17, 15) is 4.79 Å². The molecule has 198 valence electrons. The molecule has 0 aliphatic carbocycles. The van der Waals surface area contributed by atoms with Gasteiger partial charge in [0.05, 0.1) is 19.3 Å². The topological polar surface area (TPSA) is 63.0 Å². The number of anilines is 2. The van der Waals surface area contributed by atoms with Crippen LogP contribution in [0, 0.1) is 5.92 Å². The number of allylic oxidation sites excluding steroid dienone is 3. The Morgan fingerprint density at radius 1 is 1.11 bits per heavy atom. The quantitative estimate of drug-likeness (QED) is 0.462. The molecule has 1 aromatic carbocycles. The van der Waals surface area contributed by atoms with Crippen molar-refractivity contribution in [3.05, 3.63) is 64.6 Å².